The lowest BCUT2D eigenvalue weighted by atomic mass is 10.2. The van der Waals surface area contributed by atoms with E-state index in [1.165, 1.54) is 12.1 Å². The molecule has 4 rings (SSSR count). The Balaban J connectivity index is 1.27. The van der Waals surface area contributed by atoms with E-state index in [2.05, 4.69) is 20.7 Å². The van der Waals surface area contributed by atoms with E-state index in [9.17, 15) is 9.18 Å². The first-order valence-corrected chi connectivity index (χ1v) is 9.02. The zero-order chi connectivity index (χ0) is 19.3. The lowest BCUT2D eigenvalue weighted by Gasteiger charge is -2.05. The van der Waals surface area contributed by atoms with Crippen LogP contribution >= 0.6 is 0 Å². The lowest BCUT2D eigenvalue weighted by molar-refractivity contribution is 0.0947. The maximum absolute atomic E-state index is 13.0. The number of carbonyl (C=O) groups excluding carboxylic acids is 1. The molecular formula is C20H19FN6O. The Morgan fingerprint density at radius 3 is 2.79 bits per heavy atom. The maximum atomic E-state index is 13.0. The highest BCUT2D eigenvalue weighted by atomic mass is 19.1. The molecule has 2 heterocycles. The van der Waals surface area contributed by atoms with E-state index in [1.807, 2.05) is 35.1 Å². The summed E-state index contributed by atoms with van der Waals surface area (Å²) < 4.78 is 16.4. The molecule has 8 heteroatoms. The molecule has 0 aliphatic carbocycles. The summed E-state index contributed by atoms with van der Waals surface area (Å²) in [5.41, 5.74) is 2.22. The van der Waals surface area contributed by atoms with Crippen LogP contribution in [0.25, 0.3) is 10.9 Å². The number of fused-ring (bicyclic) bond motifs is 1. The van der Waals surface area contributed by atoms with E-state index in [0.29, 0.717) is 19.6 Å². The number of nitrogens with one attached hydrogen (secondary N) is 1. The number of benzene rings is 2. The number of nitrogens with zero attached hydrogens (tertiary/aromatic N) is 5. The Bertz CT molecular complexity index is 1090. The molecule has 0 atom stereocenters. The summed E-state index contributed by atoms with van der Waals surface area (Å²) in [6, 6.07) is 14.2. The van der Waals surface area contributed by atoms with E-state index in [1.54, 1.807) is 23.0 Å². The van der Waals surface area contributed by atoms with Gasteiger partial charge in [0.15, 0.2) is 5.69 Å². The highest BCUT2D eigenvalue weighted by Gasteiger charge is 2.10. The molecule has 0 bridgehead atoms. The van der Waals surface area contributed by atoms with Crippen molar-refractivity contribution in [2.45, 2.75) is 19.5 Å². The zero-order valence-electron chi connectivity index (χ0n) is 15.1. The largest absolute Gasteiger partial charge is 0.351 e. The molecule has 4 aromatic rings. The van der Waals surface area contributed by atoms with Crippen LogP contribution in [0.5, 0.6) is 0 Å². The van der Waals surface area contributed by atoms with Crippen molar-refractivity contribution in [2.75, 3.05) is 6.54 Å². The number of hydrogen-bond donors (Lipinski definition) is 1. The number of para-hydroxylation sites is 1. The Kier molecular flexibility index (Phi) is 5.09. The molecular weight excluding hydrogens is 359 g/mol. The van der Waals surface area contributed by atoms with Crippen molar-refractivity contribution in [3.63, 3.8) is 0 Å². The average molecular weight is 378 g/mol. The summed E-state index contributed by atoms with van der Waals surface area (Å²) in [6.07, 6.45) is 4.17. The molecule has 2 aromatic carbocycles. The van der Waals surface area contributed by atoms with Gasteiger partial charge >= 0.3 is 0 Å². The summed E-state index contributed by atoms with van der Waals surface area (Å²) in [7, 11) is 0. The van der Waals surface area contributed by atoms with Crippen LogP contribution in [0.4, 0.5) is 4.39 Å². The highest BCUT2D eigenvalue weighted by Crippen LogP contribution is 2.12. The van der Waals surface area contributed by atoms with Gasteiger partial charge in [0.05, 0.1) is 24.5 Å². The molecule has 1 amide bonds. The normalized spacial score (nSPS) is 11.0. The van der Waals surface area contributed by atoms with Crippen LogP contribution < -0.4 is 5.32 Å². The third-order valence-corrected chi connectivity index (χ3v) is 4.41. The van der Waals surface area contributed by atoms with E-state index in [4.69, 9.17) is 0 Å². The Morgan fingerprint density at radius 1 is 1.11 bits per heavy atom. The number of amides is 1. The van der Waals surface area contributed by atoms with Crippen molar-refractivity contribution in [3.8, 4) is 0 Å². The van der Waals surface area contributed by atoms with Crippen LogP contribution in [-0.2, 0) is 13.1 Å². The van der Waals surface area contributed by atoms with Crippen LogP contribution in [0.2, 0.25) is 0 Å². The Hall–Kier alpha value is -3.55. The molecule has 7 nitrogen and oxygen atoms in total. The minimum atomic E-state index is -0.287. The summed E-state index contributed by atoms with van der Waals surface area (Å²) in [4.78, 5) is 12.2. The fourth-order valence-corrected chi connectivity index (χ4v) is 2.98. The molecule has 0 saturated heterocycles. The van der Waals surface area contributed by atoms with Gasteiger partial charge in [0, 0.05) is 18.5 Å². The van der Waals surface area contributed by atoms with Gasteiger partial charge in [-0.1, -0.05) is 35.5 Å². The predicted molar refractivity (Wildman–Crippen MR) is 102 cm³/mol. The summed E-state index contributed by atoms with van der Waals surface area (Å²) >= 11 is 0. The molecule has 1 N–H and O–H groups in total. The molecule has 0 radical (unpaired) electrons. The molecule has 0 aliphatic heterocycles. The van der Waals surface area contributed by atoms with Gasteiger partial charge in [-0.05, 0) is 30.2 Å². The van der Waals surface area contributed by atoms with Crippen LogP contribution in [-0.4, -0.2) is 37.2 Å². The number of carbonyl (C=O) groups is 1. The van der Waals surface area contributed by atoms with E-state index in [0.717, 1.165) is 22.9 Å². The maximum Gasteiger partial charge on any atom is 0.273 e. The van der Waals surface area contributed by atoms with E-state index >= 15 is 0 Å². The van der Waals surface area contributed by atoms with Crippen molar-refractivity contribution < 1.29 is 9.18 Å². The second-order valence-electron chi connectivity index (χ2n) is 6.46. The quantitative estimate of drug-likeness (QED) is 0.502. The Labute approximate surface area is 160 Å². The van der Waals surface area contributed by atoms with Gasteiger partial charge in [-0.2, -0.15) is 5.10 Å². The number of aryl methyl sites for hydroxylation is 1. The van der Waals surface area contributed by atoms with Crippen molar-refractivity contribution >= 4 is 16.8 Å². The predicted octanol–water partition coefficient (Wildman–Crippen LogP) is 2.64. The topological polar surface area (TPSA) is 77.6 Å². The van der Waals surface area contributed by atoms with Crippen molar-refractivity contribution in [3.05, 3.63) is 78.0 Å². The molecule has 2 aromatic heterocycles. The average Bonchev–Trinajstić information content (AvgIpc) is 3.34. The van der Waals surface area contributed by atoms with Crippen LogP contribution in [0.3, 0.4) is 0 Å². The summed E-state index contributed by atoms with van der Waals surface area (Å²) in [5.74, 6) is -0.554. The van der Waals surface area contributed by atoms with Crippen LogP contribution in [0.1, 0.15) is 22.5 Å². The number of halogens is 1. The first kappa shape index (κ1) is 17.8. The fourth-order valence-electron chi connectivity index (χ4n) is 2.98. The molecule has 28 heavy (non-hydrogen) atoms. The van der Waals surface area contributed by atoms with Gasteiger partial charge in [0.2, 0.25) is 0 Å². The number of aromatic nitrogens is 5. The third-order valence-electron chi connectivity index (χ3n) is 4.41. The molecule has 0 fully saturated rings. The summed E-state index contributed by atoms with van der Waals surface area (Å²) in [6.45, 7) is 1.65. The van der Waals surface area contributed by atoms with Gasteiger partial charge in [0.25, 0.3) is 5.91 Å². The van der Waals surface area contributed by atoms with Gasteiger partial charge in [-0.25, -0.2) is 9.07 Å². The van der Waals surface area contributed by atoms with Crippen molar-refractivity contribution in [1.82, 2.24) is 30.1 Å². The van der Waals surface area contributed by atoms with Crippen LogP contribution in [0.15, 0.2) is 60.9 Å². The molecule has 142 valence electrons. The van der Waals surface area contributed by atoms with Gasteiger partial charge in [-0.15, -0.1) is 5.10 Å². The molecule has 0 spiro atoms. The van der Waals surface area contributed by atoms with Crippen LogP contribution in [0, 0.1) is 5.82 Å². The smallest absolute Gasteiger partial charge is 0.273 e. The van der Waals surface area contributed by atoms with Gasteiger partial charge in [-0.3, -0.25) is 9.48 Å². The molecule has 0 unspecified atom stereocenters. The second-order valence-corrected chi connectivity index (χ2v) is 6.46. The fraction of sp³-hybridized carbons (Fsp3) is 0.200. The summed E-state index contributed by atoms with van der Waals surface area (Å²) in [5, 5.41) is 16.2. The van der Waals surface area contributed by atoms with E-state index in [-0.39, 0.29) is 17.4 Å². The SMILES string of the molecule is O=C(NCCCn1ncc2ccccc21)c1cn(Cc2ccc(F)cc2)nn1. The molecule has 0 saturated carbocycles. The van der Waals surface area contributed by atoms with Crippen molar-refractivity contribution in [1.29, 1.82) is 0 Å². The first-order valence-electron chi connectivity index (χ1n) is 9.02. The van der Waals surface area contributed by atoms with Gasteiger partial charge < -0.3 is 5.32 Å². The monoisotopic (exact) mass is 378 g/mol. The lowest BCUT2D eigenvalue weighted by Crippen LogP contribution is -2.25. The minimum Gasteiger partial charge on any atom is -0.351 e. The standard InChI is InChI=1S/C20H19FN6O/c21-17-8-6-15(7-9-17)13-26-14-18(24-25-26)20(28)22-10-3-11-27-19-5-2-1-4-16(19)12-23-27/h1-2,4-9,12,14H,3,10-11,13H2,(H,22,28). The second kappa shape index (κ2) is 7.99. The minimum absolute atomic E-state index is 0.256. The number of rotatable bonds is 7. The first-order chi connectivity index (χ1) is 13.7. The van der Waals surface area contributed by atoms with Crippen molar-refractivity contribution in [2.24, 2.45) is 0 Å². The van der Waals surface area contributed by atoms with Gasteiger partial charge in [0.1, 0.15) is 5.82 Å². The highest BCUT2D eigenvalue weighted by molar-refractivity contribution is 5.91. The molecule has 0 aliphatic rings. The zero-order valence-corrected chi connectivity index (χ0v) is 15.1. The number of hydrogen-bond acceptors (Lipinski definition) is 4. The third kappa shape index (κ3) is 4.06. The van der Waals surface area contributed by atoms with E-state index < -0.39 is 0 Å². The Morgan fingerprint density at radius 2 is 1.93 bits per heavy atom.